The number of amides is 1. The highest BCUT2D eigenvalue weighted by Crippen LogP contribution is 2.20. The molecule has 0 saturated carbocycles. The van der Waals surface area contributed by atoms with Gasteiger partial charge in [-0.15, -0.1) is 0 Å². The van der Waals surface area contributed by atoms with Crippen molar-refractivity contribution in [3.05, 3.63) is 42.5 Å². The summed E-state index contributed by atoms with van der Waals surface area (Å²) in [5, 5.41) is 1.88. The minimum absolute atomic E-state index is 0.00214. The lowest BCUT2D eigenvalue weighted by atomic mass is 10.1. The van der Waals surface area contributed by atoms with E-state index in [0.29, 0.717) is 0 Å². The summed E-state index contributed by atoms with van der Waals surface area (Å²) in [4.78, 5) is 13.2. The average molecular weight is 291 g/mol. The molecule has 0 aliphatic heterocycles. The van der Waals surface area contributed by atoms with Crippen LogP contribution < -0.4 is 0 Å². The summed E-state index contributed by atoms with van der Waals surface area (Å²) in [6.45, 7) is 0. The van der Waals surface area contributed by atoms with Gasteiger partial charge in [0.15, 0.2) is 9.84 Å². The zero-order valence-corrected chi connectivity index (χ0v) is 12.4. The predicted octanol–water partition coefficient (Wildman–Crippen LogP) is 2.09. The second-order valence-electron chi connectivity index (χ2n) is 4.87. The smallest absolute Gasteiger partial charge is 0.223 e. The van der Waals surface area contributed by atoms with Crippen LogP contribution in [-0.2, 0) is 14.6 Å². The topological polar surface area (TPSA) is 54.5 Å². The maximum atomic E-state index is 12.2. The number of carbonyl (C=O) groups is 1. The van der Waals surface area contributed by atoms with Crippen LogP contribution in [0.3, 0.4) is 0 Å². The highest BCUT2D eigenvalue weighted by molar-refractivity contribution is 7.91. The van der Waals surface area contributed by atoms with Crippen LogP contribution in [-0.4, -0.2) is 39.1 Å². The van der Waals surface area contributed by atoms with Gasteiger partial charge in [-0.05, 0) is 22.9 Å². The van der Waals surface area contributed by atoms with Gasteiger partial charge in [0.05, 0.1) is 10.6 Å². The second-order valence-corrected chi connectivity index (χ2v) is 6.98. The molecule has 0 atom stereocenters. The van der Waals surface area contributed by atoms with Gasteiger partial charge < -0.3 is 4.90 Å². The Kier molecular flexibility index (Phi) is 4.09. The van der Waals surface area contributed by atoms with E-state index < -0.39 is 9.84 Å². The first-order chi connectivity index (χ1) is 9.40. The van der Waals surface area contributed by atoms with Gasteiger partial charge in [0.2, 0.25) is 5.91 Å². The van der Waals surface area contributed by atoms with Crippen LogP contribution in [0.4, 0.5) is 0 Å². The minimum Gasteiger partial charge on any atom is -0.349 e. The van der Waals surface area contributed by atoms with Crippen molar-refractivity contribution in [1.82, 2.24) is 4.90 Å². The van der Waals surface area contributed by atoms with Crippen molar-refractivity contribution in [3.63, 3.8) is 0 Å². The quantitative estimate of drug-likeness (QED) is 0.866. The van der Waals surface area contributed by atoms with Crippen LogP contribution in [0.2, 0.25) is 0 Å². The zero-order chi connectivity index (χ0) is 14.8. The Morgan fingerprint density at radius 3 is 2.35 bits per heavy atom. The van der Waals surface area contributed by atoms with Crippen LogP contribution in [0.25, 0.3) is 10.8 Å². The van der Waals surface area contributed by atoms with Crippen LogP contribution in [0, 0.1) is 0 Å². The van der Waals surface area contributed by atoms with Gasteiger partial charge in [0.25, 0.3) is 0 Å². The summed E-state index contributed by atoms with van der Waals surface area (Å²) < 4.78 is 24.5. The summed E-state index contributed by atoms with van der Waals surface area (Å²) in [5.41, 5.74) is 0. The molecule has 2 rings (SSSR count). The minimum atomic E-state index is -3.43. The summed E-state index contributed by atoms with van der Waals surface area (Å²) >= 11 is 0. The highest BCUT2D eigenvalue weighted by Gasteiger charge is 2.17. The fourth-order valence-corrected chi connectivity index (χ4v) is 3.18. The molecule has 0 bridgehead atoms. The third-order valence-electron chi connectivity index (χ3n) is 3.16. The fourth-order valence-electron chi connectivity index (χ4n) is 1.92. The van der Waals surface area contributed by atoms with Crippen molar-refractivity contribution in [2.75, 3.05) is 19.8 Å². The van der Waals surface area contributed by atoms with E-state index in [9.17, 15) is 13.2 Å². The standard InChI is InChI=1S/C15H17NO3S/c1-16(2)15(17)9-10-20(18,19)14-8-7-12-5-3-4-6-13(12)11-14/h3-8,11H,9-10H2,1-2H3. The van der Waals surface area contributed by atoms with Gasteiger partial charge >= 0.3 is 0 Å². The molecule has 0 aliphatic carbocycles. The fraction of sp³-hybridized carbons (Fsp3) is 0.267. The molecule has 5 heteroatoms. The van der Waals surface area contributed by atoms with Crippen molar-refractivity contribution < 1.29 is 13.2 Å². The molecule has 0 heterocycles. The first kappa shape index (κ1) is 14.5. The van der Waals surface area contributed by atoms with Crippen LogP contribution in [0.1, 0.15) is 6.42 Å². The van der Waals surface area contributed by atoms with Crippen molar-refractivity contribution in [1.29, 1.82) is 0 Å². The molecule has 0 N–H and O–H groups in total. The summed E-state index contributed by atoms with van der Waals surface area (Å²) in [6.07, 6.45) is 0.00214. The Hall–Kier alpha value is -1.88. The molecule has 0 spiro atoms. The summed E-state index contributed by atoms with van der Waals surface area (Å²) in [7, 11) is -0.196. The first-order valence-electron chi connectivity index (χ1n) is 6.32. The molecule has 106 valence electrons. The van der Waals surface area contributed by atoms with Crippen LogP contribution in [0.5, 0.6) is 0 Å². The molecule has 4 nitrogen and oxygen atoms in total. The predicted molar refractivity (Wildman–Crippen MR) is 79.3 cm³/mol. The number of hydrogen-bond acceptors (Lipinski definition) is 3. The largest absolute Gasteiger partial charge is 0.349 e. The third-order valence-corrected chi connectivity index (χ3v) is 4.88. The molecule has 0 fully saturated rings. The molecule has 1 amide bonds. The molecular formula is C15H17NO3S. The molecule has 0 unspecified atom stereocenters. The van der Waals surface area contributed by atoms with Crippen molar-refractivity contribution >= 4 is 26.5 Å². The number of fused-ring (bicyclic) bond motifs is 1. The van der Waals surface area contributed by atoms with Gasteiger partial charge in [-0.25, -0.2) is 8.42 Å². The van der Waals surface area contributed by atoms with E-state index >= 15 is 0 Å². The van der Waals surface area contributed by atoms with Gasteiger partial charge in [0.1, 0.15) is 0 Å². The molecule has 0 aliphatic rings. The normalized spacial score (nSPS) is 11.5. The van der Waals surface area contributed by atoms with E-state index in [4.69, 9.17) is 0 Å². The molecule has 2 aromatic carbocycles. The Morgan fingerprint density at radius 1 is 1.05 bits per heavy atom. The zero-order valence-electron chi connectivity index (χ0n) is 11.5. The van der Waals surface area contributed by atoms with E-state index in [2.05, 4.69) is 0 Å². The molecule has 0 radical (unpaired) electrons. The Balaban J connectivity index is 2.25. The van der Waals surface area contributed by atoms with E-state index in [1.54, 1.807) is 32.3 Å². The van der Waals surface area contributed by atoms with E-state index in [1.165, 1.54) is 4.90 Å². The monoisotopic (exact) mass is 291 g/mol. The average Bonchev–Trinajstić information content (AvgIpc) is 2.44. The first-order valence-corrected chi connectivity index (χ1v) is 7.97. The van der Waals surface area contributed by atoms with Crippen LogP contribution in [0.15, 0.2) is 47.4 Å². The Labute approximate surface area is 118 Å². The van der Waals surface area contributed by atoms with E-state index in [-0.39, 0.29) is 23.0 Å². The van der Waals surface area contributed by atoms with Crippen molar-refractivity contribution in [2.45, 2.75) is 11.3 Å². The van der Waals surface area contributed by atoms with E-state index in [0.717, 1.165) is 10.8 Å². The number of nitrogens with zero attached hydrogens (tertiary/aromatic N) is 1. The Bertz CT molecular complexity index is 736. The van der Waals surface area contributed by atoms with Crippen molar-refractivity contribution in [2.24, 2.45) is 0 Å². The lowest BCUT2D eigenvalue weighted by Crippen LogP contribution is -2.24. The molecule has 0 aromatic heterocycles. The lowest BCUT2D eigenvalue weighted by molar-refractivity contribution is -0.128. The van der Waals surface area contributed by atoms with Gasteiger partial charge in [-0.1, -0.05) is 30.3 Å². The molecule has 0 saturated heterocycles. The van der Waals surface area contributed by atoms with Gasteiger partial charge in [-0.3, -0.25) is 4.79 Å². The summed E-state index contributed by atoms with van der Waals surface area (Å²) in [6, 6.07) is 12.6. The molecular weight excluding hydrogens is 274 g/mol. The number of sulfone groups is 1. The second kappa shape index (κ2) is 5.63. The maximum absolute atomic E-state index is 12.2. The van der Waals surface area contributed by atoms with Crippen molar-refractivity contribution in [3.8, 4) is 0 Å². The number of hydrogen-bond donors (Lipinski definition) is 0. The lowest BCUT2D eigenvalue weighted by Gasteiger charge is -2.10. The molecule has 2 aromatic rings. The number of carbonyl (C=O) groups excluding carboxylic acids is 1. The number of rotatable bonds is 4. The maximum Gasteiger partial charge on any atom is 0.223 e. The van der Waals surface area contributed by atoms with Crippen LogP contribution >= 0.6 is 0 Å². The summed E-state index contributed by atoms with van der Waals surface area (Å²) in [5.74, 6) is -0.350. The van der Waals surface area contributed by atoms with Gasteiger partial charge in [-0.2, -0.15) is 0 Å². The Morgan fingerprint density at radius 2 is 1.70 bits per heavy atom. The van der Waals surface area contributed by atoms with E-state index in [1.807, 2.05) is 24.3 Å². The third kappa shape index (κ3) is 3.17. The van der Waals surface area contributed by atoms with Gasteiger partial charge in [0, 0.05) is 20.5 Å². The number of benzene rings is 2. The molecule has 20 heavy (non-hydrogen) atoms. The SMILES string of the molecule is CN(C)C(=O)CCS(=O)(=O)c1ccc2ccccc2c1. The highest BCUT2D eigenvalue weighted by atomic mass is 32.2.